The van der Waals surface area contributed by atoms with Gasteiger partial charge in [-0.1, -0.05) is 35.9 Å². The van der Waals surface area contributed by atoms with Gasteiger partial charge in [0.1, 0.15) is 17.3 Å². The molecule has 23 heavy (non-hydrogen) atoms. The van der Waals surface area contributed by atoms with Gasteiger partial charge in [0.05, 0.1) is 6.61 Å². The second-order valence-corrected chi connectivity index (χ2v) is 5.40. The summed E-state index contributed by atoms with van der Waals surface area (Å²) in [5, 5.41) is 3.36. The lowest BCUT2D eigenvalue weighted by Crippen LogP contribution is -2.24. The Balaban J connectivity index is 1.90. The normalized spacial score (nSPS) is 15.5. The van der Waals surface area contributed by atoms with Crippen molar-refractivity contribution in [2.24, 2.45) is 4.99 Å². The number of ether oxygens (including phenoxy) is 1. The highest BCUT2D eigenvalue weighted by molar-refractivity contribution is 6.31. The van der Waals surface area contributed by atoms with E-state index in [1.807, 2.05) is 43.3 Å². The Morgan fingerprint density at radius 2 is 2.04 bits per heavy atom. The molecule has 0 saturated carbocycles. The van der Waals surface area contributed by atoms with Crippen molar-refractivity contribution in [2.75, 3.05) is 6.61 Å². The van der Waals surface area contributed by atoms with Crippen LogP contribution in [0.2, 0.25) is 5.02 Å². The van der Waals surface area contributed by atoms with Crippen molar-refractivity contribution in [1.82, 2.24) is 5.32 Å². The van der Waals surface area contributed by atoms with Gasteiger partial charge in [-0.15, -0.1) is 0 Å². The van der Waals surface area contributed by atoms with Crippen LogP contribution in [-0.4, -0.2) is 18.3 Å². The average Bonchev–Trinajstić information content (AvgIpc) is 2.89. The molecule has 1 N–H and O–H groups in total. The van der Waals surface area contributed by atoms with Crippen LogP contribution in [0.3, 0.4) is 0 Å². The zero-order valence-electron chi connectivity index (χ0n) is 12.5. The van der Waals surface area contributed by atoms with E-state index in [0.29, 0.717) is 23.2 Å². The van der Waals surface area contributed by atoms with Gasteiger partial charge < -0.3 is 10.1 Å². The molecule has 1 aliphatic rings. The van der Waals surface area contributed by atoms with Gasteiger partial charge in [-0.3, -0.25) is 4.79 Å². The van der Waals surface area contributed by atoms with Gasteiger partial charge in [0.25, 0.3) is 5.91 Å². The molecule has 0 fully saturated rings. The van der Waals surface area contributed by atoms with Crippen LogP contribution in [0.4, 0.5) is 0 Å². The summed E-state index contributed by atoms with van der Waals surface area (Å²) in [4.78, 5) is 16.5. The Morgan fingerprint density at radius 1 is 1.22 bits per heavy atom. The molecule has 3 rings (SSSR count). The van der Waals surface area contributed by atoms with E-state index < -0.39 is 0 Å². The quantitative estimate of drug-likeness (QED) is 0.872. The SMILES string of the molecule is CCOc1cccc(/C=C2/N=C(c3cccc(Cl)c3)NC2=O)c1. The first-order valence-corrected chi connectivity index (χ1v) is 7.64. The number of carbonyl (C=O) groups is 1. The summed E-state index contributed by atoms with van der Waals surface area (Å²) in [7, 11) is 0. The van der Waals surface area contributed by atoms with Gasteiger partial charge in [-0.05, 0) is 42.8 Å². The lowest BCUT2D eigenvalue weighted by Gasteiger charge is -2.03. The van der Waals surface area contributed by atoms with Crippen LogP contribution < -0.4 is 10.1 Å². The summed E-state index contributed by atoms with van der Waals surface area (Å²) in [5.74, 6) is 1.03. The number of carbonyl (C=O) groups excluding carboxylic acids is 1. The third-order valence-electron chi connectivity index (χ3n) is 3.27. The van der Waals surface area contributed by atoms with Crippen molar-refractivity contribution >= 4 is 29.4 Å². The zero-order chi connectivity index (χ0) is 16.2. The molecule has 0 saturated heterocycles. The number of aliphatic imine (C=N–C) groups is 1. The molecule has 2 aromatic carbocycles. The highest BCUT2D eigenvalue weighted by Gasteiger charge is 2.21. The Morgan fingerprint density at radius 3 is 2.83 bits per heavy atom. The molecule has 0 bridgehead atoms. The van der Waals surface area contributed by atoms with Crippen molar-refractivity contribution in [3.63, 3.8) is 0 Å². The number of nitrogens with zero attached hydrogens (tertiary/aromatic N) is 1. The minimum absolute atomic E-state index is 0.234. The topological polar surface area (TPSA) is 50.7 Å². The molecule has 2 aromatic rings. The summed E-state index contributed by atoms with van der Waals surface area (Å²) in [6.07, 6.45) is 1.73. The van der Waals surface area contributed by atoms with Gasteiger partial charge in [0.15, 0.2) is 0 Å². The van der Waals surface area contributed by atoms with Crippen molar-refractivity contribution in [2.45, 2.75) is 6.92 Å². The second-order valence-electron chi connectivity index (χ2n) is 4.96. The Labute approximate surface area is 139 Å². The number of nitrogens with one attached hydrogen (secondary N) is 1. The van der Waals surface area contributed by atoms with Crippen molar-refractivity contribution in [1.29, 1.82) is 0 Å². The zero-order valence-corrected chi connectivity index (χ0v) is 13.3. The molecule has 1 amide bonds. The molecular weight excluding hydrogens is 312 g/mol. The van der Waals surface area contributed by atoms with Crippen molar-refractivity contribution in [3.8, 4) is 5.75 Å². The van der Waals surface area contributed by atoms with Crippen LogP contribution in [0.1, 0.15) is 18.1 Å². The maximum absolute atomic E-state index is 12.1. The van der Waals surface area contributed by atoms with E-state index in [2.05, 4.69) is 10.3 Å². The standard InChI is InChI=1S/C18H15ClN2O2/c1-2-23-15-8-3-5-12(9-15)10-16-18(22)21-17(20-16)13-6-4-7-14(19)11-13/h3-11H,2H2,1H3,(H,20,21,22)/b16-10+. The van der Waals surface area contributed by atoms with Crippen LogP contribution in [0.25, 0.3) is 6.08 Å². The van der Waals surface area contributed by atoms with E-state index in [-0.39, 0.29) is 5.91 Å². The molecule has 0 radical (unpaired) electrons. The number of hydrogen-bond donors (Lipinski definition) is 1. The molecule has 0 aliphatic carbocycles. The van der Waals surface area contributed by atoms with Gasteiger partial charge in [-0.25, -0.2) is 4.99 Å². The molecule has 0 unspecified atom stereocenters. The number of amides is 1. The van der Waals surface area contributed by atoms with Crippen LogP contribution in [0.15, 0.2) is 59.2 Å². The summed E-state index contributed by atoms with van der Waals surface area (Å²) in [6, 6.07) is 14.7. The van der Waals surface area contributed by atoms with Gasteiger partial charge in [-0.2, -0.15) is 0 Å². The molecule has 0 aromatic heterocycles. The fraction of sp³-hybridized carbons (Fsp3) is 0.111. The smallest absolute Gasteiger partial charge is 0.275 e. The Kier molecular flexibility index (Phi) is 4.44. The predicted molar refractivity (Wildman–Crippen MR) is 91.7 cm³/mol. The van der Waals surface area contributed by atoms with Crippen molar-refractivity contribution < 1.29 is 9.53 Å². The number of benzene rings is 2. The number of hydrogen-bond acceptors (Lipinski definition) is 3. The van der Waals surface area contributed by atoms with E-state index in [4.69, 9.17) is 16.3 Å². The first-order valence-electron chi connectivity index (χ1n) is 7.26. The largest absolute Gasteiger partial charge is 0.494 e. The number of amidine groups is 1. The highest BCUT2D eigenvalue weighted by atomic mass is 35.5. The predicted octanol–water partition coefficient (Wildman–Crippen LogP) is 3.66. The molecule has 0 spiro atoms. The van der Waals surface area contributed by atoms with E-state index in [9.17, 15) is 4.79 Å². The van der Waals surface area contributed by atoms with Gasteiger partial charge in [0, 0.05) is 10.6 Å². The molecule has 1 aliphatic heterocycles. The molecule has 1 heterocycles. The summed E-state index contributed by atoms with van der Waals surface area (Å²) >= 11 is 5.98. The van der Waals surface area contributed by atoms with Crippen LogP contribution in [-0.2, 0) is 4.79 Å². The van der Waals surface area contributed by atoms with Crippen LogP contribution >= 0.6 is 11.6 Å². The van der Waals surface area contributed by atoms with E-state index >= 15 is 0 Å². The monoisotopic (exact) mass is 326 g/mol. The van der Waals surface area contributed by atoms with Crippen molar-refractivity contribution in [3.05, 3.63) is 70.4 Å². The second kappa shape index (κ2) is 6.67. The lowest BCUT2D eigenvalue weighted by molar-refractivity contribution is -0.115. The molecular formula is C18H15ClN2O2. The van der Waals surface area contributed by atoms with Gasteiger partial charge in [0.2, 0.25) is 0 Å². The fourth-order valence-electron chi connectivity index (χ4n) is 2.26. The van der Waals surface area contributed by atoms with Gasteiger partial charge >= 0.3 is 0 Å². The molecule has 0 atom stereocenters. The number of halogens is 1. The molecule has 5 heteroatoms. The van der Waals surface area contributed by atoms with E-state index in [1.54, 1.807) is 18.2 Å². The summed E-state index contributed by atoms with van der Waals surface area (Å²) in [6.45, 7) is 2.52. The highest BCUT2D eigenvalue weighted by Crippen LogP contribution is 2.20. The van der Waals surface area contributed by atoms with Crippen LogP contribution in [0, 0.1) is 0 Å². The van der Waals surface area contributed by atoms with E-state index in [1.165, 1.54) is 0 Å². The minimum Gasteiger partial charge on any atom is -0.494 e. The van der Waals surface area contributed by atoms with Crippen LogP contribution in [0.5, 0.6) is 5.75 Å². The first-order chi connectivity index (χ1) is 11.2. The molecule has 4 nitrogen and oxygen atoms in total. The average molecular weight is 327 g/mol. The fourth-order valence-corrected chi connectivity index (χ4v) is 2.45. The maximum Gasteiger partial charge on any atom is 0.275 e. The Bertz CT molecular complexity index is 812. The minimum atomic E-state index is -0.234. The van der Waals surface area contributed by atoms with E-state index in [0.717, 1.165) is 16.9 Å². The third kappa shape index (κ3) is 3.60. The lowest BCUT2D eigenvalue weighted by atomic mass is 10.2. The summed E-state index contributed by atoms with van der Waals surface area (Å²) < 4.78 is 5.46. The summed E-state index contributed by atoms with van der Waals surface area (Å²) in [5.41, 5.74) is 1.99. The third-order valence-corrected chi connectivity index (χ3v) is 3.50. The number of rotatable bonds is 4. The molecule has 116 valence electrons. The maximum atomic E-state index is 12.1. The Hall–Kier alpha value is -2.59. The first kappa shape index (κ1) is 15.3.